The zero-order valence-electron chi connectivity index (χ0n) is 23.2. The number of hydrogen-bond donors (Lipinski definition) is 1. The van der Waals surface area contributed by atoms with Crippen LogP contribution in [0.4, 0.5) is 33.3 Å². The highest BCUT2D eigenvalue weighted by Gasteiger charge is 2.38. The van der Waals surface area contributed by atoms with Gasteiger partial charge < -0.3 is 24.4 Å². The Morgan fingerprint density at radius 1 is 1.17 bits per heavy atom. The Morgan fingerprint density at radius 3 is 2.50 bits per heavy atom. The first kappa shape index (κ1) is 29.5. The molecule has 13 heteroatoms. The molecule has 5 rings (SSSR count). The van der Waals surface area contributed by atoms with E-state index in [0.717, 1.165) is 29.7 Å². The molecule has 0 radical (unpaired) electrons. The van der Waals surface area contributed by atoms with Crippen molar-refractivity contribution >= 4 is 17.3 Å². The van der Waals surface area contributed by atoms with Crippen LogP contribution in [0.5, 0.6) is 5.88 Å². The zero-order chi connectivity index (χ0) is 30.3. The van der Waals surface area contributed by atoms with Crippen molar-refractivity contribution < 1.29 is 31.5 Å². The van der Waals surface area contributed by atoms with Gasteiger partial charge in [0.1, 0.15) is 12.0 Å². The van der Waals surface area contributed by atoms with Gasteiger partial charge in [0.2, 0.25) is 5.88 Å². The van der Waals surface area contributed by atoms with Crippen LogP contribution < -0.4 is 20.5 Å². The molecule has 1 N–H and O–H groups in total. The molecule has 42 heavy (non-hydrogen) atoms. The number of hydrogen-bond acceptors (Lipinski definition) is 6. The Kier molecular flexibility index (Phi) is 7.97. The third-order valence-electron chi connectivity index (χ3n) is 7.55. The van der Waals surface area contributed by atoms with E-state index in [-0.39, 0.29) is 30.0 Å². The van der Waals surface area contributed by atoms with Crippen LogP contribution in [-0.4, -0.2) is 66.4 Å². The average molecular weight is 592 g/mol. The summed E-state index contributed by atoms with van der Waals surface area (Å²) < 4.78 is 78.2. The molecule has 224 valence electrons. The van der Waals surface area contributed by atoms with Crippen LogP contribution in [0.2, 0.25) is 0 Å². The molecule has 0 bridgehead atoms. The van der Waals surface area contributed by atoms with Crippen LogP contribution in [-0.2, 0) is 13.2 Å². The quantitative estimate of drug-likeness (QED) is 0.382. The maximum atomic E-state index is 15.6. The predicted molar refractivity (Wildman–Crippen MR) is 147 cm³/mol. The fourth-order valence-corrected chi connectivity index (χ4v) is 4.92. The van der Waals surface area contributed by atoms with E-state index < -0.39 is 46.8 Å². The van der Waals surface area contributed by atoms with E-state index in [1.165, 1.54) is 24.2 Å². The lowest BCUT2D eigenvalue weighted by Crippen LogP contribution is -2.36. The highest BCUT2D eigenvalue weighted by atomic mass is 19.4. The lowest BCUT2D eigenvalue weighted by molar-refractivity contribution is -0.138. The van der Waals surface area contributed by atoms with E-state index in [9.17, 15) is 27.2 Å². The van der Waals surface area contributed by atoms with Crippen LogP contribution in [0.15, 0.2) is 47.5 Å². The molecule has 3 aromatic rings. The Bertz CT molecular complexity index is 1540. The van der Waals surface area contributed by atoms with Crippen molar-refractivity contribution in [1.82, 2.24) is 14.5 Å². The second-order valence-electron chi connectivity index (χ2n) is 10.9. The molecule has 1 aliphatic carbocycles. The van der Waals surface area contributed by atoms with Crippen molar-refractivity contribution in [2.45, 2.75) is 31.2 Å². The van der Waals surface area contributed by atoms with Gasteiger partial charge >= 0.3 is 6.18 Å². The molecule has 2 fully saturated rings. The van der Waals surface area contributed by atoms with Crippen molar-refractivity contribution in [3.05, 3.63) is 70.0 Å². The van der Waals surface area contributed by atoms with Crippen molar-refractivity contribution in [2.75, 3.05) is 44.0 Å². The molecular weight excluding hydrogens is 561 g/mol. The SMILES string of the molecule is CN(C)C1CN(c2cc(F)c(-c3ccc(OCC4CC4)nc3)cc2NC(=O)c2cn(C)c(=O)cc2C(F)(F)F)CC1F. The normalized spacial score (nSPS) is 18.9. The van der Waals surface area contributed by atoms with Gasteiger partial charge in [-0.2, -0.15) is 13.2 Å². The van der Waals surface area contributed by atoms with Crippen LogP contribution in [0, 0.1) is 11.7 Å². The number of ether oxygens (including phenoxy) is 1. The lowest BCUT2D eigenvalue weighted by atomic mass is 10.0. The van der Waals surface area contributed by atoms with Gasteiger partial charge in [-0.1, -0.05) is 0 Å². The van der Waals surface area contributed by atoms with E-state index in [2.05, 4.69) is 10.3 Å². The zero-order valence-corrected chi connectivity index (χ0v) is 23.2. The van der Waals surface area contributed by atoms with Gasteiger partial charge in [0, 0.05) is 49.2 Å². The number of halogens is 5. The molecule has 1 saturated heterocycles. The van der Waals surface area contributed by atoms with Crippen LogP contribution in [0.25, 0.3) is 11.1 Å². The first-order chi connectivity index (χ1) is 19.8. The van der Waals surface area contributed by atoms with Gasteiger partial charge in [0.05, 0.1) is 41.7 Å². The smallest absolute Gasteiger partial charge is 0.417 e. The second-order valence-corrected chi connectivity index (χ2v) is 10.9. The number of nitrogens with one attached hydrogen (secondary N) is 1. The topological polar surface area (TPSA) is 79.7 Å². The molecule has 2 unspecified atom stereocenters. The number of aromatic nitrogens is 2. The monoisotopic (exact) mass is 591 g/mol. The minimum absolute atomic E-state index is 0.0203. The summed E-state index contributed by atoms with van der Waals surface area (Å²) in [5.74, 6) is -0.988. The lowest BCUT2D eigenvalue weighted by Gasteiger charge is -2.25. The van der Waals surface area contributed by atoms with E-state index in [1.807, 2.05) is 0 Å². The highest BCUT2D eigenvalue weighted by Crippen LogP contribution is 2.38. The molecule has 2 atom stereocenters. The van der Waals surface area contributed by atoms with Crippen LogP contribution >= 0.6 is 0 Å². The second kappa shape index (κ2) is 11.3. The number of pyridine rings is 2. The maximum Gasteiger partial charge on any atom is 0.417 e. The predicted octanol–water partition coefficient (Wildman–Crippen LogP) is 4.73. The van der Waals surface area contributed by atoms with Gasteiger partial charge in [0.15, 0.2) is 0 Å². The largest absolute Gasteiger partial charge is 0.477 e. The standard InChI is InChI=1S/C29H30F5N5O3/c1-37(2)25-14-39(13-22(25)31)24-10-21(30)18(17-6-7-26(35-11-17)42-15-16-4-5-16)8-23(24)36-28(41)19-12-38(3)27(40)9-20(19)29(32,33)34/h6-12,16,22,25H,4-5,13-15H2,1-3H3,(H,36,41). The summed E-state index contributed by atoms with van der Waals surface area (Å²) in [5.41, 5.74) is -2.71. The summed E-state index contributed by atoms with van der Waals surface area (Å²) in [6.45, 7) is 0.570. The molecule has 1 amide bonds. The van der Waals surface area contributed by atoms with E-state index in [1.54, 1.807) is 31.1 Å². The molecule has 1 aliphatic heterocycles. The summed E-state index contributed by atoms with van der Waals surface area (Å²) in [7, 11) is 4.63. The minimum atomic E-state index is -4.98. The van der Waals surface area contributed by atoms with Gasteiger partial charge in [-0.05, 0) is 51.1 Å². The number of aryl methyl sites for hydroxylation is 1. The molecule has 2 aliphatic rings. The van der Waals surface area contributed by atoms with Crippen LogP contribution in [0.1, 0.15) is 28.8 Å². The Balaban J connectivity index is 1.53. The van der Waals surface area contributed by atoms with E-state index >= 15 is 4.39 Å². The van der Waals surface area contributed by atoms with Gasteiger partial charge in [-0.3, -0.25) is 9.59 Å². The summed E-state index contributed by atoms with van der Waals surface area (Å²) in [5, 5.41) is 2.47. The van der Waals surface area contributed by atoms with Crippen LogP contribution in [0.3, 0.4) is 0 Å². The first-order valence-corrected chi connectivity index (χ1v) is 13.4. The number of carbonyl (C=O) groups excluding carboxylic acids is 1. The number of nitrogens with zero attached hydrogens (tertiary/aromatic N) is 4. The van der Waals surface area contributed by atoms with Crippen molar-refractivity contribution in [3.63, 3.8) is 0 Å². The van der Waals surface area contributed by atoms with Gasteiger partial charge in [0.25, 0.3) is 11.5 Å². The molecule has 2 aromatic heterocycles. The van der Waals surface area contributed by atoms with Gasteiger partial charge in [-0.25, -0.2) is 13.8 Å². The summed E-state index contributed by atoms with van der Waals surface area (Å²) in [4.78, 5) is 32.7. The van der Waals surface area contributed by atoms with Crippen molar-refractivity contribution in [3.8, 4) is 17.0 Å². The molecule has 1 aromatic carbocycles. The minimum Gasteiger partial charge on any atom is -0.477 e. The highest BCUT2D eigenvalue weighted by molar-refractivity contribution is 6.07. The number of benzene rings is 1. The number of carbonyl (C=O) groups is 1. The number of likely N-dealkylation sites (N-methyl/N-ethyl adjacent to an activating group) is 1. The first-order valence-electron chi connectivity index (χ1n) is 13.4. The van der Waals surface area contributed by atoms with E-state index in [0.29, 0.717) is 30.0 Å². The maximum absolute atomic E-state index is 15.6. The van der Waals surface area contributed by atoms with E-state index in [4.69, 9.17) is 4.74 Å². The average Bonchev–Trinajstić information content (AvgIpc) is 3.68. The van der Waals surface area contributed by atoms with Crippen molar-refractivity contribution in [1.29, 1.82) is 0 Å². The fourth-order valence-electron chi connectivity index (χ4n) is 4.92. The summed E-state index contributed by atoms with van der Waals surface area (Å²) in [6.07, 6.45) is -1.88. The fraction of sp³-hybridized carbons (Fsp3) is 0.414. The number of rotatable bonds is 8. The molecule has 1 saturated carbocycles. The molecule has 0 spiro atoms. The number of alkyl halides is 4. The summed E-state index contributed by atoms with van der Waals surface area (Å²) >= 11 is 0. The van der Waals surface area contributed by atoms with Crippen molar-refractivity contribution in [2.24, 2.45) is 13.0 Å². The summed E-state index contributed by atoms with van der Waals surface area (Å²) in [6, 6.07) is 5.40. The Labute approximate surface area is 238 Å². The molecular formula is C29H30F5N5O3. The molecule has 8 nitrogen and oxygen atoms in total. The van der Waals surface area contributed by atoms with Gasteiger partial charge in [-0.15, -0.1) is 0 Å². The third-order valence-corrected chi connectivity index (χ3v) is 7.55. The number of amides is 1. The third kappa shape index (κ3) is 6.25. The Hall–Kier alpha value is -4.00. The number of anilines is 2. The Morgan fingerprint density at radius 2 is 1.90 bits per heavy atom. The molecule has 3 heterocycles.